The molecule has 1 aliphatic carbocycles. The van der Waals surface area contributed by atoms with Crippen LogP contribution < -0.4 is 9.91 Å². The van der Waals surface area contributed by atoms with Gasteiger partial charge >= 0.3 is 6.18 Å². The molecule has 0 atom stereocenters. The Balaban J connectivity index is 1.69. The molecule has 5 rings (SSSR count). The third-order valence-electron chi connectivity index (χ3n) is 7.04. The highest BCUT2D eigenvalue weighted by Gasteiger charge is 2.38. The third kappa shape index (κ3) is 4.15. The monoisotopic (exact) mass is 465 g/mol. The van der Waals surface area contributed by atoms with Crippen molar-refractivity contribution >= 4 is 17.1 Å². The number of rotatable bonds is 3. The van der Waals surface area contributed by atoms with Crippen molar-refractivity contribution in [2.75, 3.05) is 23.0 Å². The first kappa shape index (κ1) is 22.8. The van der Waals surface area contributed by atoms with E-state index in [-0.39, 0.29) is 5.69 Å². The van der Waals surface area contributed by atoms with Gasteiger partial charge in [-0.1, -0.05) is 23.8 Å². The van der Waals surface area contributed by atoms with Crippen molar-refractivity contribution < 1.29 is 13.2 Å². The fourth-order valence-electron chi connectivity index (χ4n) is 5.48. The fourth-order valence-corrected chi connectivity index (χ4v) is 5.48. The molecular formula is C28H30F3N3. The molecular weight excluding hydrogens is 435 g/mol. The zero-order chi connectivity index (χ0) is 24.0. The lowest BCUT2D eigenvalue weighted by atomic mass is 9.83. The van der Waals surface area contributed by atoms with E-state index in [0.29, 0.717) is 5.70 Å². The largest absolute Gasteiger partial charge is 0.418 e. The van der Waals surface area contributed by atoms with Crippen molar-refractivity contribution in [3.05, 3.63) is 82.1 Å². The van der Waals surface area contributed by atoms with Gasteiger partial charge in [-0.15, -0.1) is 0 Å². The fraction of sp³-hybridized carbons (Fsp3) is 0.393. The molecule has 2 aromatic rings. The lowest BCUT2D eigenvalue weighted by Gasteiger charge is -2.35. The van der Waals surface area contributed by atoms with E-state index in [1.807, 2.05) is 13.8 Å². The van der Waals surface area contributed by atoms with Crippen LogP contribution in [0.25, 0.3) is 0 Å². The Bertz CT molecular complexity index is 1180. The maximum Gasteiger partial charge on any atom is 0.418 e. The first-order chi connectivity index (χ1) is 16.2. The molecule has 1 fully saturated rings. The zero-order valence-corrected chi connectivity index (χ0v) is 19.8. The van der Waals surface area contributed by atoms with Crippen molar-refractivity contribution in [2.24, 2.45) is 5.10 Å². The van der Waals surface area contributed by atoms with Crippen molar-refractivity contribution in [1.82, 2.24) is 0 Å². The average molecular weight is 466 g/mol. The van der Waals surface area contributed by atoms with Crippen molar-refractivity contribution in [2.45, 2.75) is 58.5 Å². The molecule has 3 nitrogen and oxygen atoms in total. The minimum absolute atomic E-state index is 0.0564. The molecule has 1 saturated heterocycles. The summed E-state index contributed by atoms with van der Waals surface area (Å²) in [6, 6.07) is 10.7. The molecule has 0 N–H and O–H groups in total. The van der Waals surface area contributed by atoms with Crippen molar-refractivity contribution in [3.63, 3.8) is 0 Å². The molecule has 34 heavy (non-hydrogen) atoms. The van der Waals surface area contributed by atoms with E-state index in [0.717, 1.165) is 90.9 Å². The Hall–Kier alpha value is -3.02. The number of aryl methyl sites for hydroxylation is 2. The van der Waals surface area contributed by atoms with Crippen molar-refractivity contribution in [3.8, 4) is 0 Å². The summed E-state index contributed by atoms with van der Waals surface area (Å²) in [5.41, 5.74) is 6.85. The smallest absolute Gasteiger partial charge is 0.371 e. The van der Waals surface area contributed by atoms with Gasteiger partial charge in [-0.05, 0) is 93.9 Å². The second kappa shape index (κ2) is 8.64. The summed E-state index contributed by atoms with van der Waals surface area (Å²) in [5, 5.41) is 6.34. The summed E-state index contributed by atoms with van der Waals surface area (Å²) in [6.07, 6.45) is 1.35. The molecule has 0 aromatic heterocycles. The summed E-state index contributed by atoms with van der Waals surface area (Å²) in [4.78, 5) is 2.15. The van der Waals surface area contributed by atoms with Gasteiger partial charge in [0.05, 0.1) is 22.7 Å². The van der Waals surface area contributed by atoms with E-state index in [2.05, 4.69) is 29.7 Å². The molecule has 2 aliphatic heterocycles. The number of anilines is 2. The maximum absolute atomic E-state index is 14.2. The topological polar surface area (TPSA) is 18.8 Å². The molecule has 0 unspecified atom stereocenters. The molecule has 2 aromatic carbocycles. The Morgan fingerprint density at radius 1 is 0.853 bits per heavy atom. The lowest BCUT2D eigenvalue weighted by molar-refractivity contribution is -0.137. The molecule has 0 bridgehead atoms. The van der Waals surface area contributed by atoms with Gasteiger partial charge in [0, 0.05) is 24.3 Å². The summed E-state index contributed by atoms with van der Waals surface area (Å²) in [7, 11) is 0. The quantitative estimate of drug-likeness (QED) is 0.467. The molecule has 0 spiro atoms. The number of alkyl halides is 3. The maximum atomic E-state index is 14.2. The van der Waals surface area contributed by atoms with Crippen LogP contribution in [0, 0.1) is 13.8 Å². The molecule has 2 heterocycles. The Morgan fingerprint density at radius 2 is 1.50 bits per heavy atom. The first-order valence-corrected chi connectivity index (χ1v) is 12.1. The zero-order valence-electron chi connectivity index (χ0n) is 19.8. The molecule has 6 heteroatoms. The van der Waals surface area contributed by atoms with Crippen molar-refractivity contribution in [1.29, 1.82) is 0 Å². The summed E-state index contributed by atoms with van der Waals surface area (Å²) in [6.45, 7) is 10.0. The normalized spacial score (nSPS) is 19.0. The van der Waals surface area contributed by atoms with Crippen LogP contribution in [0.1, 0.15) is 60.8 Å². The Morgan fingerprint density at radius 3 is 2.15 bits per heavy atom. The lowest BCUT2D eigenvalue weighted by Crippen LogP contribution is -2.30. The average Bonchev–Trinajstić information content (AvgIpc) is 3.33. The van der Waals surface area contributed by atoms with E-state index >= 15 is 0 Å². The van der Waals surface area contributed by atoms with E-state index < -0.39 is 11.7 Å². The van der Waals surface area contributed by atoms with Crippen LogP contribution in [0.5, 0.6) is 0 Å². The standard InChI is InChI=1S/C28H30F3N3/c1-18-14-19(2)16-21(15-18)27-24-9-5-4-8-23(24)20(3)34(32-27)26-17-22(33-12-6-7-13-33)10-11-25(26)28(29,30)31/h10-11,14-17H,3-9,12-13H2,1-2H3. The van der Waals surface area contributed by atoms with Gasteiger partial charge in [-0.25, -0.2) is 5.01 Å². The van der Waals surface area contributed by atoms with E-state index in [4.69, 9.17) is 5.10 Å². The molecule has 3 aliphatic rings. The van der Waals surface area contributed by atoms with Gasteiger partial charge in [-0.3, -0.25) is 0 Å². The van der Waals surface area contributed by atoms with Crippen LogP contribution in [-0.4, -0.2) is 18.8 Å². The predicted octanol–water partition coefficient (Wildman–Crippen LogP) is 7.53. The molecule has 0 radical (unpaired) electrons. The minimum Gasteiger partial charge on any atom is -0.371 e. The predicted molar refractivity (Wildman–Crippen MR) is 132 cm³/mol. The summed E-state index contributed by atoms with van der Waals surface area (Å²) >= 11 is 0. The minimum atomic E-state index is -4.49. The van der Waals surface area contributed by atoms with Crippen LogP contribution in [0.4, 0.5) is 24.5 Å². The molecule has 0 amide bonds. The highest BCUT2D eigenvalue weighted by molar-refractivity contribution is 6.15. The summed E-state index contributed by atoms with van der Waals surface area (Å²) < 4.78 is 42.5. The number of hydrogen-bond acceptors (Lipinski definition) is 3. The Labute approximate surface area is 199 Å². The second-order valence-electron chi connectivity index (χ2n) is 9.64. The molecule has 0 saturated carbocycles. The second-order valence-corrected chi connectivity index (χ2v) is 9.64. The number of benzene rings is 2. The number of halogens is 3. The first-order valence-electron chi connectivity index (χ1n) is 12.1. The van der Waals surface area contributed by atoms with E-state index in [1.165, 1.54) is 11.1 Å². The number of hydrogen-bond donors (Lipinski definition) is 0. The van der Waals surface area contributed by atoms with Crippen LogP contribution >= 0.6 is 0 Å². The highest BCUT2D eigenvalue weighted by Crippen LogP contribution is 2.45. The number of allylic oxidation sites excluding steroid dienone is 2. The summed E-state index contributed by atoms with van der Waals surface area (Å²) in [5.74, 6) is 0. The third-order valence-corrected chi connectivity index (χ3v) is 7.04. The molecule has 178 valence electrons. The van der Waals surface area contributed by atoms with Gasteiger partial charge in [-0.2, -0.15) is 18.3 Å². The highest BCUT2D eigenvalue weighted by atomic mass is 19.4. The van der Waals surface area contributed by atoms with Gasteiger partial charge in [0.25, 0.3) is 0 Å². The Kier molecular flexibility index (Phi) is 5.78. The van der Waals surface area contributed by atoms with E-state index in [1.54, 1.807) is 12.1 Å². The van der Waals surface area contributed by atoms with Crippen LogP contribution in [0.3, 0.4) is 0 Å². The van der Waals surface area contributed by atoms with Gasteiger partial charge < -0.3 is 4.90 Å². The number of hydrazone groups is 1. The SMILES string of the molecule is C=C1C2=C(CCCC2)C(c2cc(C)cc(C)c2)=NN1c1cc(N2CCCC2)ccc1C(F)(F)F. The van der Waals surface area contributed by atoms with Crippen LogP contribution in [0.2, 0.25) is 0 Å². The van der Waals surface area contributed by atoms with Gasteiger partial charge in [0.2, 0.25) is 0 Å². The van der Waals surface area contributed by atoms with E-state index in [9.17, 15) is 13.2 Å². The van der Waals surface area contributed by atoms with Crippen LogP contribution in [-0.2, 0) is 6.18 Å². The number of nitrogens with zero attached hydrogens (tertiary/aromatic N) is 3. The van der Waals surface area contributed by atoms with Gasteiger partial charge in [0.1, 0.15) is 0 Å². The van der Waals surface area contributed by atoms with Gasteiger partial charge in [0.15, 0.2) is 0 Å². The van der Waals surface area contributed by atoms with Crippen LogP contribution in [0.15, 0.2) is 64.9 Å².